The van der Waals surface area contributed by atoms with Gasteiger partial charge in [-0.05, 0) is 49.3 Å². The van der Waals surface area contributed by atoms with Gasteiger partial charge in [0.05, 0.1) is 0 Å². The van der Waals surface area contributed by atoms with Crippen LogP contribution in [0, 0.1) is 5.92 Å². The van der Waals surface area contributed by atoms with Crippen LogP contribution in [-0.2, 0) is 0 Å². The molecule has 3 heteroatoms. The number of nitrogens with one attached hydrogen (secondary N) is 1. The van der Waals surface area contributed by atoms with Crippen molar-refractivity contribution in [2.45, 2.75) is 38.1 Å². The Bertz CT molecular complexity index is 468. The minimum absolute atomic E-state index is 0.656. The third kappa shape index (κ3) is 2.89. The molecule has 3 nitrogen and oxygen atoms in total. The van der Waals surface area contributed by atoms with Crippen LogP contribution in [0.25, 0.3) is 0 Å². The summed E-state index contributed by atoms with van der Waals surface area (Å²) in [5.41, 5.74) is 2.98. The summed E-state index contributed by atoms with van der Waals surface area (Å²) in [4.78, 5) is 5.26. The summed E-state index contributed by atoms with van der Waals surface area (Å²) < 4.78 is 0. The highest BCUT2D eigenvalue weighted by Gasteiger charge is 2.33. The van der Waals surface area contributed by atoms with E-state index < -0.39 is 0 Å². The second kappa shape index (κ2) is 6.59. The number of benzene rings is 1. The Morgan fingerprint density at radius 1 is 0.864 bits per heavy atom. The maximum atomic E-state index is 3.49. The molecule has 1 saturated carbocycles. The highest BCUT2D eigenvalue weighted by atomic mass is 15.2. The summed E-state index contributed by atoms with van der Waals surface area (Å²) in [6.45, 7) is 7.18. The van der Waals surface area contributed by atoms with Crippen LogP contribution in [0.3, 0.4) is 0 Å². The van der Waals surface area contributed by atoms with Gasteiger partial charge in [-0.1, -0.05) is 18.6 Å². The van der Waals surface area contributed by atoms with Crippen molar-refractivity contribution >= 4 is 5.69 Å². The van der Waals surface area contributed by atoms with Gasteiger partial charge in [0, 0.05) is 51.0 Å². The van der Waals surface area contributed by atoms with Crippen molar-refractivity contribution in [1.29, 1.82) is 0 Å². The first-order valence-electron chi connectivity index (χ1n) is 9.21. The highest BCUT2D eigenvalue weighted by molar-refractivity contribution is 5.48. The number of rotatable bonds is 4. The fourth-order valence-corrected chi connectivity index (χ4v) is 4.35. The fraction of sp³-hybridized carbons (Fsp3) is 0.684. The molecule has 3 aliphatic rings. The van der Waals surface area contributed by atoms with E-state index in [2.05, 4.69) is 39.4 Å². The molecule has 1 aromatic carbocycles. The number of anilines is 1. The third-order valence-corrected chi connectivity index (χ3v) is 5.85. The molecule has 0 amide bonds. The van der Waals surface area contributed by atoms with Crippen LogP contribution in [0.4, 0.5) is 5.69 Å². The first kappa shape index (κ1) is 14.5. The number of hydrogen-bond donors (Lipinski definition) is 1. The molecular formula is C19H29N3. The van der Waals surface area contributed by atoms with Crippen molar-refractivity contribution in [2.75, 3.05) is 44.2 Å². The lowest BCUT2D eigenvalue weighted by atomic mass is 9.76. The first-order valence-corrected chi connectivity index (χ1v) is 9.21. The maximum Gasteiger partial charge on any atom is 0.0377 e. The van der Waals surface area contributed by atoms with Gasteiger partial charge >= 0.3 is 0 Å². The second-order valence-electron chi connectivity index (χ2n) is 7.21. The van der Waals surface area contributed by atoms with Crippen molar-refractivity contribution in [3.63, 3.8) is 0 Å². The molecule has 0 unspecified atom stereocenters. The van der Waals surface area contributed by atoms with E-state index in [1.165, 1.54) is 64.0 Å². The summed E-state index contributed by atoms with van der Waals surface area (Å²) >= 11 is 0. The third-order valence-electron chi connectivity index (χ3n) is 5.85. The van der Waals surface area contributed by atoms with Gasteiger partial charge in [-0.15, -0.1) is 0 Å². The number of hydrogen-bond acceptors (Lipinski definition) is 3. The van der Waals surface area contributed by atoms with Crippen LogP contribution < -0.4 is 10.2 Å². The zero-order valence-electron chi connectivity index (χ0n) is 13.6. The molecule has 120 valence electrons. The van der Waals surface area contributed by atoms with Gasteiger partial charge in [-0.3, -0.25) is 4.90 Å². The molecule has 1 N–H and O–H groups in total. The van der Waals surface area contributed by atoms with Crippen LogP contribution in [0.1, 0.15) is 43.7 Å². The van der Waals surface area contributed by atoms with E-state index in [9.17, 15) is 0 Å². The summed E-state index contributed by atoms with van der Waals surface area (Å²) in [7, 11) is 0. The molecule has 1 atom stereocenters. The van der Waals surface area contributed by atoms with Gasteiger partial charge in [0.1, 0.15) is 0 Å². The van der Waals surface area contributed by atoms with Gasteiger partial charge in [0.15, 0.2) is 0 Å². The quantitative estimate of drug-likeness (QED) is 0.922. The smallest absolute Gasteiger partial charge is 0.0377 e. The zero-order chi connectivity index (χ0) is 14.8. The molecule has 0 aromatic heterocycles. The highest BCUT2D eigenvalue weighted by Crippen LogP contribution is 2.41. The molecule has 2 saturated heterocycles. The second-order valence-corrected chi connectivity index (χ2v) is 7.21. The minimum atomic E-state index is 0.656. The Morgan fingerprint density at radius 2 is 1.55 bits per heavy atom. The van der Waals surface area contributed by atoms with Crippen LogP contribution in [0.15, 0.2) is 24.3 Å². The Kier molecular flexibility index (Phi) is 4.35. The predicted molar refractivity (Wildman–Crippen MR) is 92.4 cm³/mol. The van der Waals surface area contributed by atoms with Crippen LogP contribution in [0.2, 0.25) is 0 Å². The average Bonchev–Trinajstić information content (AvgIpc) is 3.06. The topological polar surface area (TPSA) is 18.5 Å². The zero-order valence-corrected chi connectivity index (χ0v) is 13.6. The lowest BCUT2D eigenvalue weighted by Gasteiger charge is -2.43. The normalized spacial score (nSPS) is 25.2. The molecule has 3 fully saturated rings. The molecule has 4 rings (SSSR count). The molecule has 0 radical (unpaired) electrons. The summed E-state index contributed by atoms with van der Waals surface area (Å²) in [6.07, 6.45) is 6.98. The van der Waals surface area contributed by atoms with Crippen LogP contribution in [0.5, 0.6) is 0 Å². The van der Waals surface area contributed by atoms with E-state index in [1.54, 1.807) is 5.56 Å². The van der Waals surface area contributed by atoms with E-state index >= 15 is 0 Å². The molecule has 2 aliphatic heterocycles. The Hall–Kier alpha value is -1.06. The standard InChI is InChI=1S/C19H29N3/c1-2-13-21(12-1)18-8-6-17(7-9-18)19(16-4-3-5-16)22-14-10-20-11-15-22/h6-9,16,19-20H,1-5,10-15H2/t19-/m1/s1. The lowest BCUT2D eigenvalue weighted by molar-refractivity contribution is 0.0837. The minimum Gasteiger partial charge on any atom is -0.372 e. The van der Waals surface area contributed by atoms with Gasteiger partial charge in [0.2, 0.25) is 0 Å². The summed E-state index contributed by atoms with van der Waals surface area (Å²) in [6, 6.07) is 10.2. The van der Waals surface area contributed by atoms with Gasteiger partial charge in [-0.25, -0.2) is 0 Å². The monoisotopic (exact) mass is 299 g/mol. The summed E-state index contributed by atoms with van der Waals surface area (Å²) in [5.74, 6) is 0.885. The van der Waals surface area contributed by atoms with Crippen molar-refractivity contribution in [3.05, 3.63) is 29.8 Å². The van der Waals surface area contributed by atoms with E-state index in [0.29, 0.717) is 6.04 Å². The molecular weight excluding hydrogens is 270 g/mol. The number of nitrogens with zero attached hydrogens (tertiary/aromatic N) is 2. The molecule has 0 bridgehead atoms. The lowest BCUT2D eigenvalue weighted by Crippen LogP contribution is -2.47. The van der Waals surface area contributed by atoms with Crippen LogP contribution in [-0.4, -0.2) is 44.2 Å². The molecule has 0 spiro atoms. The first-order chi connectivity index (χ1) is 10.9. The van der Waals surface area contributed by atoms with Crippen molar-refractivity contribution in [2.24, 2.45) is 5.92 Å². The van der Waals surface area contributed by atoms with Crippen molar-refractivity contribution < 1.29 is 0 Å². The average molecular weight is 299 g/mol. The number of piperazine rings is 1. The van der Waals surface area contributed by atoms with E-state index in [-0.39, 0.29) is 0 Å². The Morgan fingerprint density at radius 3 is 2.14 bits per heavy atom. The van der Waals surface area contributed by atoms with Crippen LogP contribution >= 0.6 is 0 Å². The predicted octanol–water partition coefficient (Wildman–Crippen LogP) is 3.03. The fourth-order valence-electron chi connectivity index (χ4n) is 4.35. The molecule has 1 aromatic rings. The largest absolute Gasteiger partial charge is 0.372 e. The van der Waals surface area contributed by atoms with Crippen molar-refractivity contribution in [3.8, 4) is 0 Å². The van der Waals surface area contributed by atoms with E-state index in [1.807, 2.05) is 0 Å². The maximum absolute atomic E-state index is 3.49. The SMILES string of the molecule is c1cc(N2CCCC2)ccc1[C@@H](C1CCC1)N1CCNCC1. The molecule has 2 heterocycles. The van der Waals surface area contributed by atoms with Gasteiger partial charge in [-0.2, -0.15) is 0 Å². The molecule has 22 heavy (non-hydrogen) atoms. The summed E-state index contributed by atoms with van der Waals surface area (Å²) in [5, 5.41) is 3.49. The Balaban J connectivity index is 1.53. The van der Waals surface area contributed by atoms with Gasteiger partial charge in [0.25, 0.3) is 0 Å². The molecule has 1 aliphatic carbocycles. The van der Waals surface area contributed by atoms with Gasteiger partial charge < -0.3 is 10.2 Å². The van der Waals surface area contributed by atoms with Crippen molar-refractivity contribution in [1.82, 2.24) is 10.2 Å². The van der Waals surface area contributed by atoms with E-state index in [0.717, 1.165) is 19.0 Å². The Labute approximate surface area is 134 Å². The van der Waals surface area contributed by atoms with E-state index in [4.69, 9.17) is 0 Å².